The number of amides is 1. The van der Waals surface area contributed by atoms with Crippen molar-refractivity contribution in [1.29, 1.82) is 0 Å². The van der Waals surface area contributed by atoms with Crippen LogP contribution in [0.4, 0.5) is 0 Å². The highest BCUT2D eigenvalue weighted by Gasteiger charge is 2.37. The summed E-state index contributed by atoms with van der Waals surface area (Å²) in [4.78, 5) is 11.0. The molecule has 0 spiro atoms. The molecule has 82 valence electrons. The molecule has 0 radical (unpaired) electrons. The van der Waals surface area contributed by atoms with Gasteiger partial charge in [0.05, 0.1) is 0 Å². The third-order valence-electron chi connectivity index (χ3n) is 3.60. The Morgan fingerprint density at radius 1 is 1.29 bits per heavy atom. The van der Waals surface area contributed by atoms with Crippen LogP contribution in [0.5, 0.6) is 0 Å². The summed E-state index contributed by atoms with van der Waals surface area (Å²) in [6.45, 7) is 4.58. The van der Waals surface area contributed by atoms with Gasteiger partial charge in [-0.05, 0) is 38.1 Å². The number of hydrogen-bond acceptors (Lipinski definition) is 2. The van der Waals surface area contributed by atoms with E-state index < -0.39 is 0 Å². The summed E-state index contributed by atoms with van der Waals surface area (Å²) in [5, 5.41) is 3.29. The van der Waals surface area contributed by atoms with Crippen LogP contribution in [0.25, 0.3) is 0 Å². The average Bonchev–Trinajstić information content (AvgIpc) is 2.09. The molecule has 1 saturated carbocycles. The van der Waals surface area contributed by atoms with Gasteiger partial charge in [-0.25, -0.2) is 0 Å². The lowest BCUT2D eigenvalue weighted by Crippen LogP contribution is -2.49. The van der Waals surface area contributed by atoms with Gasteiger partial charge < -0.3 is 11.1 Å². The molecule has 1 rings (SSSR count). The molecule has 0 aromatic rings. The van der Waals surface area contributed by atoms with Gasteiger partial charge in [0.2, 0.25) is 5.91 Å². The van der Waals surface area contributed by atoms with Crippen molar-refractivity contribution in [2.45, 2.75) is 51.5 Å². The SMILES string of the molecule is CNC1(CC(N)=O)CCC(C)(C)CC1. The van der Waals surface area contributed by atoms with E-state index in [1.54, 1.807) is 0 Å². The minimum atomic E-state index is -0.195. The van der Waals surface area contributed by atoms with Crippen LogP contribution >= 0.6 is 0 Å². The van der Waals surface area contributed by atoms with E-state index in [0.29, 0.717) is 11.8 Å². The number of rotatable bonds is 3. The lowest BCUT2D eigenvalue weighted by Gasteiger charge is -2.43. The molecular weight excluding hydrogens is 176 g/mol. The molecule has 1 fully saturated rings. The second-order valence-electron chi connectivity index (χ2n) is 5.34. The molecule has 0 unspecified atom stereocenters. The molecule has 0 bridgehead atoms. The van der Waals surface area contributed by atoms with Gasteiger partial charge in [-0.3, -0.25) is 4.79 Å². The Kier molecular flexibility index (Phi) is 3.20. The van der Waals surface area contributed by atoms with Gasteiger partial charge in [0, 0.05) is 12.0 Å². The number of hydrogen-bond donors (Lipinski definition) is 2. The number of nitrogens with two attached hydrogens (primary N) is 1. The molecule has 0 aromatic carbocycles. The monoisotopic (exact) mass is 198 g/mol. The smallest absolute Gasteiger partial charge is 0.219 e. The maximum Gasteiger partial charge on any atom is 0.219 e. The van der Waals surface area contributed by atoms with Gasteiger partial charge in [-0.2, -0.15) is 0 Å². The second-order valence-corrected chi connectivity index (χ2v) is 5.34. The summed E-state index contributed by atoms with van der Waals surface area (Å²) in [6, 6.07) is 0. The van der Waals surface area contributed by atoms with E-state index >= 15 is 0 Å². The summed E-state index contributed by atoms with van der Waals surface area (Å²) < 4.78 is 0. The molecular formula is C11H22N2O. The maximum atomic E-state index is 11.0. The van der Waals surface area contributed by atoms with Gasteiger partial charge in [0.1, 0.15) is 0 Å². The molecule has 14 heavy (non-hydrogen) atoms. The van der Waals surface area contributed by atoms with Crippen LogP contribution in [-0.2, 0) is 4.79 Å². The van der Waals surface area contributed by atoms with Gasteiger partial charge in [0.15, 0.2) is 0 Å². The van der Waals surface area contributed by atoms with Crippen LogP contribution in [-0.4, -0.2) is 18.5 Å². The molecule has 1 amide bonds. The molecule has 1 aliphatic carbocycles. The zero-order valence-electron chi connectivity index (χ0n) is 9.52. The summed E-state index contributed by atoms with van der Waals surface area (Å²) in [6.07, 6.45) is 4.92. The van der Waals surface area contributed by atoms with Crippen molar-refractivity contribution in [1.82, 2.24) is 5.32 Å². The van der Waals surface area contributed by atoms with E-state index in [0.717, 1.165) is 12.8 Å². The van der Waals surface area contributed by atoms with Crippen LogP contribution in [0.2, 0.25) is 0 Å². The zero-order valence-corrected chi connectivity index (χ0v) is 9.52. The highest BCUT2D eigenvalue weighted by Crippen LogP contribution is 2.41. The Hall–Kier alpha value is -0.570. The summed E-state index contributed by atoms with van der Waals surface area (Å²) in [5.41, 5.74) is 5.67. The number of primary amides is 1. The van der Waals surface area contributed by atoms with E-state index in [2.05, 4.69) is 19.2 Å². The fourth-order valence-electron chi connectivity index (χ4n) is 2.25. The lowest BCUT2D eigenvalue weighted by molar-refractivity contribution is -0.120. The Bertz CT molecular complexity index is 213. The van der Waals surface area contributed by atoms with Crippen LogP contribution in [0.15, 0.2) is 0 Å². The van der Waals surface area contributed by atoms with Crippen molar-refractivity contribution < 1.29 is 4.79 Å². The topological polar surface area (TPSA) is 55.1 Å². The minimum absolute atomic E-state index is 0.0264. The van der Waals surface area contributed by atoms with Crippen molar-refractivity contribution in [2.75, 3.05) is 7.05 Å². The molecule has 3 N–H and O–H groups in total. The molecule has 3 nitrogen and oxygen atoms in total. The van der Waals surface area contributed by atoms with Crippen molar-refractivity contribution in [3.63, 3.8) is 0 Å². The zero-order chi connectivity index (χ0) is 10.8. The first kappa shape index (κ1) is 11.5. The highest BCUT2D eigenvalue weighted by molar-refractivity contribution is 5.75. The van der Waals surface area contributed by atoms with Crippen molar-refractivity contribution in [3.8, 4) is 0 Å². The predicted molar refractivity (Wildman–Crippen MR) is 57.9 cm³/mol. The van der Waals surface area contributed by atoms with E-state index in [1.807, 2.05) is 7.05 Å². The van der Waals surface area contributed by atoms with Crippen LogP contribution < -0.4 is 11.1 Å². The first-order chi connectivity index (χ1) is 6.39. The Labute approximate surface area is 86.4 Å². The van der Waals surface area contributed by atoms with Gasteiger partial charge >= 0.3 is 0 Å². The fraction of sp³-hybridized carbons (Fsp3) is 0.909. The summed E-state index contributed by atoms with van der Waals surface area (Å²) in [7, 11) is 1.93. The highest BCUT2D eigenvalue weighted by atomic mass is 16.1. The molecule has 0 saturated heterocycles. The van der Waals surface area contributed by atoms with Crippen molar-refractivity contribution in [3.05, 3.63) is 0 Å². The number of nitrogens with one attached hydrogen (secondary N) is 1. The van der Waals surface area contributed by atoms with E-state index in [9.17, 15) is 4.79 Å². The van der Waals surface area contributed by atoms with E-state index in [4.69, 9.17) is 5.73 Å². The minimum Gasteiger partial charge on any atom is -0.370 e. The van der Waals surface area contributed by atoms with E-state index in [-0.39, 0.29) is 11.4 Å². The number of carbonyl (C=O) groups excluding carboxylic acids is 1. The van der Waals surface area contributed by atoms with Gasteiger partial charge in [0.25, 0.3) is 0 Å². The van der Waals surface area contributed by atoms with Gasteiger partial charge in [-0.1, -0.05) is 13.8 Å². The molecule has 3 heteroatoms. The van der Waals surface area contributed by atoms with Crippen molar-refractivity contribution in [2.24, 2.45) is 11.1 Å². The molecule has 0 heterocycles. The lowest BCUT2D eigenvalue weighted by atomic mass is 9.68. The third kappa shape index (κ3) is 2.71. The molecule has 0 atom stereocenters. The molecule has 0 aromatic heterocycles. The van der Waals surface area contributed by atoms with Gasteiger partial charge in [-0.15, -0.1) is 0 Å². The fourth-order valence-corrected chi connectivity index (χ4v) is 2.25. The number of carbonyl (C=O) groups is 1. The Morgan fingerprint density at radius 3 is 2.14 bits per heavy atom. The molecule has 1 aliphatic rings. The predicted octanol–water partition coefficient (Wildman–Crippen LogP) is 1.42. The van der Waals surface area contributed by atoms with Crippen LogP contribution in [0.3, 0.4) is 0 Å². The largest absolute Gasteiger partial charge is 0.370 e. The Morgan fingerprint density at radius 2 is 1.79 bits per heavy atom. The van der Waals surface area contributed by atoms with Crippen LogP contribution in [0.1, 0.15) is 46.0 Å². The first-order valence-electron chi connectivity index (χ1n) is 5.36. The first-order valence-corrected chi connectivity index (χ1v) is 5.36. The summed E-state index contributed by atoms with van der Waals surface area (Å²) in [5.74, 6) is -0.195. The molecule has 0 aliphatic heterocycles. The van der Waals surface area contributed by atoms with Crippen LogP contribution in [0, 0.1) is 5.41 Å². The standard InChI is InChI=1S/C11H22N2O/c1-10(2)4-6-11(13-3,7-5-10)8-9(12)14/h13H,4-8H2,1-3H3,(H2,12,14). The van der Waals surface area contributed by atoms with Crippen molar-refractivity contribution >= 4 is 5.91 Å². The van der Waals surface area contributed by atoms with E-state index in [1.165, 1.54) is 12.8 Å². The Balaban J connectivity index is 2.61. The second kappa shape index (κ2) is 3.89. The quantitative estimate of drug-likeness (QED) is 0.720. The third-order valence-corrected chi connectivity index (χ3v) is 3.60. The normalized spacial score (nSPS) is 24.5. The maximum absolute atomic E-state index is 11.0. The average molecular weight is 198 g/mol. The summed E-state index contributed by atoms with van der Waals surface area (Å²) >= 11 is 0.